The zero-order valence-corrected chi connectivity index (χ0v) is 33.0. The first-order valence-electron chi connectivity index (χ1n) is 13.7. The highest BCUT2D eigenvalue weighted by Crippen LogP contribution is 2.78. The van der Waals surface area contributed by atoms with Gasteiger partial charge in [0.15, 0.2) is 11.0 Å². The third kappa shape index (κ3) is 6.51. The fourth-order valence-corrected chi connectivity index (χ4v) is 11.7. The summed E-state index contributed by atoms with van der Waals surface area (Å²) in [6, 6.07) is 9.71. The van der Waals surface area contributed by atoms with E-state index in [0.717, 1.165) is 37.4 Å². The monoisotopic (exact) mass is 791 g/mol. The molecule has 0 amide bonds. The molecular formula is C28H33N5O2S10. The average molecular weight is 792 g/mol. The number of aryl methyl sites for hydroxylation is 1. The topological polar surface area (TPSA) is 65.3 Å². The molecule has 0 radical (unpaired) electrons. The molecule has 45 heavy (non-hydrogen) atoms. The molecule has 0 spiro atoms. The van der Waals surface area contributed by atoms with Gasteiger partial charge in [-0.3, -0.25) is 14.5 Å². The van der Waals surface area contributed by atoms with E-state index in [2.05, 4.69) is 38.8 Å². The van der Waals surface area contributed by atoms with Crippen molar-refractivity contribution >= 4 is 125 Å². The van der Waals surface area contributed by atoms with Gasteiger partial charge in [-0.2, -0.15) is 114 Å². The second-order valence-corrected chi connectivity index (χ2v) is 19.7. The maximum Gasteiger partial charge on any atom is 0.197 e. The number of aromatic nitrogens is 4. The van der Waals surface area contributed by atoms with Crippen LogP contribution in [0.25, 0.3) is 5.69 Å². The molecule has 3 heterocycles. The smallest absolute Gasteiger partial charge is 0.197 e. The van der Waals surface area contributed by atoms with Crippen molar-refractivity contribution in [2.75, 3.05) is 26.3 Å². The number of hydrogen-bond donors (Lipinski definition) is 9. The number of morpholine rings is 1. The molecule has 1 saturated carbocycles. The molecule has 7 nitrogen and oxygen atoms in total. The number of nitrogens with zero attached hydrogens (tertiary/aromatic N) is 5. The lowest BCUT2D eigenvalue weighted by molar-refractivity contribution is 0.0302. The van der Waals surface area contributed by atoms with Crippen molar-refractivity contribution in [1.29, 1.82) is 0 Å². The standard InChI is InChI=1S/C28H33N5O2S10/c1-17-14-21(8-7-19(17)6-5-18(2)32-10-12-34-13-11-32)35-16-22-30-31-23(33(22)20-4-3-9-29-15-20)45-28(44)26(40,41)24(36,37)25(38,39)27(28,42)43/h3-4,7-9,14-15,18,36-44H,10-13,16H2,1-2H3. The second kappa shape index (κ2) is 13.9. The van der Waals surface area contributed by atoms with Gasteiger partial charge in [-0.25, -0.2) is 0 Å². The first-order valence-corrected chi connectivity index (χ1v) is 18.5. The van der Waals surface area contributed by atoms with Gasteiger partial charge in [0.05, 0.1) is 31.1 Å². The van der Waals surface area contributed by atoms with Gasteiger partial charge in [-0.1, -0.05) is 23.6 Å². The molecule has 2 fully saturated rings. The van der Waals surface area contributed by atoms with Gasteiger partial charge in [-0.15, -0.1) is 10.2 Å². The Morgan fingerprint density at radius 3 is 2.22 bits per heavy atom. The number of ether oxygens (including phenoxy) is 2. The third-order valence-electron chi connectivity index (χ3n) is 7.82. The van der Waals surface area contributed by atoms with Gasteiger partial charge in [-0.05, 0) is 49.7 Å². The summed E-state index contributed by atoms with van der Waals surface area (Å²) in [6.45, 7) is 7.54. The van der Waals surface area contributed by atoms with E-state index < -0.39 is 20.4 Å². The SMILES string of the molecule is Cc1cc(OCc2nnc(SC3(S)C(S)(S)C(S)(S)C(S)(S)C3(S)S)n2-c2cccnc2)ccc1C#CC(C)N1CCOCC1. The van der Waals surface area contributed by atoms with Crippen molar-refractivity contribution in [3.05, 3.63) is 59.7 Å². The van der Waals surface area contributed by atoms with E-state index in [1.165, 1.54) is 11.8 Å². The fraction of sp³-hybridized carbons (Fsp3) is 0.464. The number of thiol groups is 9. The van der Waals surface area contributed by atoms with Crippen LogP contribution in [0.2, 0.25) is 0 Å². The fourth-order valence-electron chi connectivity index (χ4n) is 4.93. The minimum absolute atomic E-state index is 0.118. The Kier molecular flexibility index (Phi) is 11.3. The molecule has 17 heteroatoms. The largest absolute Gasteiger partial charge is 0.486 e. The van der Waals surface area contributed by atoms with Gasteiger partial charge in [0, 0.05) is 24.8 Å². The van der Waals surface area contributed by atoms with Crippen molar-refractivity contribution < 1.29 is 9.47 Å². The van der Waals surface area contributed by atoms with Gasteiger partial charge >= 0.3 is 0 Å². The minimum atomic E-state index is -1.34. The molecular weight excluding hydrogens is 759 g/mol. The maximum absolute atomic E-state index is 6.22. The summed E-state index contributed by atoms with van der Waals surface area (Å²) < 4.78 is 6.91. The lowest BCUT2D eigenvalue weighted by atomic mass is 10.1. The molecule has 1 saturated heterocycles. The van der Waals surface area contributed by atoms with Crippen molar-refractivity contribution in [3.63, 3.8) is 0 Å². The molecule has 1 aliphatic heterocycles. The van der Waals surface area contributed by atoms with Crippen LogP contribution in [-0.2, 0) is 11.3 Å². The van der Waals surface area contributed by atoms with Crippen LogP contribution in [0.1, 0.15) is 23.9 Å². The lowest BCUT2D eigenvalue weighted by Crippen LogP contribution is -2.49. The van der Waals surface area contributed by atoms with Crippen LogP contribution in [0.15, 0.2) is 47.9 Å². The van der Waals surface area contributed by atoms with E-state index in [1.54, 1.807) is 12.4 Å². The molecule has 1 aromatic carbocycles. The first-order chi connectivity index (χ1) is 21.0. The van der Waals surface area contributed by atoms with E-state index in [-0.39, 0.29) is 12.6 Å². The van der Waals surface area contributed by atoms with Crippen molar-refractivity contribution in [1.82, 2.24) is 24.6 Å². The second-order valence-electron chi connectivity index (χ2n) is 10.7. The number of benzene rings is 1. The first kappa shape index (κ1) is 36.6. The van der Waals surface area contributed by atoms with Crippen LogP contribution in [-0.4, -0.2) is 77.4 Å². The molecule has 2 aliphatic rings. The van der Waals surface area contributed by atoms with Crippen LogP contribution >= 0.6 is 125 Å². The van der Waals surface area contributed by atoms with E-state index in [4.69, 9.17) is 123 Å². The van der Waals surface area contributed by atoms with E-state index in [9.17, 15) is 0 Å². The highest BCUT2D eigenvalue weighted by atomic mass is 32.2. The summed E-state index contributed by atoms with van der Waals surface area (Å²) >= 11 is 44.7. The number of rotatable bonds is 7. The van der Waals surface area contributed by atoms with Crippen LogP contribution < -0.4 is 4.74 Å². The molecule has 0 N–H and O–H groups in total. The Morgan fingerprint density at radius 2 is 1.62 bits per heavy atom. The van der Waals surface area contributed by atoms with Crippen LogP contribution in [0.4, 0.5) is 0 Å². The molecule has 242 valence electrons. The molecule has 0 bridgehead atoms. The zero-order chi connectivity index (χ0) is 32.8. The van der Waals surface area contributed by atoms with E-state index in [1.807, 2.05) is 41.8 Å². The highest BCUT2D eigenvalue weighted by Gasteiger charge is 2.81. The number of pyridine rings is 1. The Balaban J connectivity index is 1.40. The Morgan fingerprint density at radius 1 is 0.956 bits per heavy atom. The van der Waals surface area contributed by atoms with E-state index >= 15 is 0 Å². The van der Waals surface area contributed by atoms with Gasteiger partial charge in [0.25, 0.3) is 0 Å². The van der Waals surface area contributed by atoms with Crippen LogP contribution in [0, 0.1) is 18.8 Å². The van der Waals surface area contributed by atoms with Gasteiger partial charge in [0.1, 0.15) is 32.8 Å². The van der Waals surface area contributed by atoms with Crippen molar-refractivity contribution in [2.24, 2.45) is 0 Å². The predicted molar refractivity (Wildman–Crippen MR) is 214 cm³/mol. The van der Waals surface area contributed by atoms with Gasteiger partial charge in [0.2, 0.25) is 0 Å². The summed E-state index contributed by atoms with van der Waals surface area (Å²) in [4.78, 5) is 6.63. The summed E-state index contributed by atoms with van der Waals surface area (Å²) in [5.41, 5.74) is 2.68. The van der Waals surface area contributed by atoms with Crippen LogP contribution in [0.5, 0.6) is 5.75 Å². The van der Waals surface area contributed by atoms with Gasteiger partial charge < -0.3 is 9.47 Å². The molecule has 1 unspecified atom stereocenters. The summed E-state index contributed by atoms with van der Waals surface area (Å²) in [5, 5.41) is 9.43. The van der Waals surface area contributed by atoms with E-state index in [0.29, 0.717) is 22.4 Å². The molecule has 3 aromatic rings. The zero-order valence-electron chi connectivity index (χ0n) is 24.1. The third-order valence-corrected chi connectivity index (χ3v) is 18.9. The quantitative estimate of drug-likeness (QED) is 0.0882. The summed E-state index contributed by atoms with van der Waals surface area (Å²) in [6.07, 6.45) is 3.40. The molecule has 1 aliphatic carbocycles. The normalized spacial score (nSPS) is 21.9. The van der Waals surface area contributed by atoms with Crippen molar-refractivity contribution in [3.8, 4) is 23.3 Å². The number of thioether (sulfide) groups is 1. The molecule has 5 rings (SSSR count). The number of hydrogen-bond acceptors (Lipinski definition) is 16. The maximum atomic E-state index is 6.22. The molecule has 1 atom stereocenters. The average Bonchev–Trinajstić information content (AvgIpc) is 3.42. The lowest BCUT2D eigenvalue weighted by Gasteiger charge is -2.43. The Hall–Kier alpha value is 0.290. The Labute approximate surface area is 318 Å². The Bertz CT molecular complexity index is 1570. The predicted octanol–water partition coefficient (Wildman–Crippen LogP) is 5.58. The summed E-state index contributed by atoms with van der Waals surface area (Å²) in [5.74, 6) is 7.90. The minimum Gasteiger partial charge on any atom is -0.486 e. The summed E-state index contributed by atoms with van der Waals surface area (Å²) in [7, 11) is 0. The molecule has 2 aromatic heterocycles. The van der Waals surface area contributed by atoms with Crippen molar-refractivity contribution in [2.45, 2.75) is 52.0 Å². The van der Waals surface area contributed by atoms with Crippen LogP contribution in [0.3, 0.4) is 0 Å². The highest BCUT2D eigenvalue weighted by molar-refractivity contribution is 8.21.